The SMILES string of the molecule is O=C1CC(NCc2cc(F)ccc2F)CCCN1. The standard InChI is InChI=1S/C13H16F2N2O/c14-10-3-4-12(15)9(6-10)8-17-11-2-1-5-16-13(18)7-11/h3-4,6,11,17H,1-2,5,7-8H2,(H,16,18). The molecule has 2 N–H and O–H groups in total. The van der Waals surface area contributed by atoms with Crippen LogP contribution in [0.1, 0.15) is 24.8 Å². The first-order chi connectivity index (χ1) is 8.65. The van der Waals surface area contributed by atoms with E-state index >= 15 is 0 Å². The number of carbonyl (C=O) groups is 1. The molecular formula is C13H16F2N2O. The van der Waals surface area contributed by atoms with Gasteiger partial charge in [-0.25, -0.2) is 8.78 Å². The Morgan fingerprint density at radius 2 is 2.22 bits per heavy atom. The van der Waals surface area contributed by atoms with Crippen LogP contribution in [0.5, 0.6) is 0 Å². The average molecular weight is 254 g/mol. The van der Waals surface area contributed by atoms with Gasteiger partial charge in [-0.1, -0.05) is 0 Å². The zero-order chi connectivity index (χ0) is 13.0. The van der Waals surface area contributed by atoms with Crippen molar-refractivity contribution in [3.8, 4) is 0 Å². The van der Waals surface area contributed by atoms with Crippen molar-refractivity contribution in [3.05, 3.63) is 35.4 Å². The van der Waals surface area contributed by atoms with E-state index in [9.17, 15) is 13.6 Å². The lowest BCUT2D eigenvalue weighted by atomic mass is 10.1. The minimum atomic E-state index is -0.452. The Labute approximate surface area is 105 Å². The van der Waals surface area contributed by atoms with Gasteiger partial charge in [0.2, 0.25) is 5.91 Å². The average Bonchev–Trinajstić information content (AvgIpc) is 2.55. The van der Waals surface area contributed by atoms with Gasteiger partial charge in [0.1, 0.15) is 11.6 Å². The predicted molar refractivity (Wildman–Crippen MR) is 63.8 cm³/mol. The topological polar surface area (TPSA) is 41.1 Å². The van der Waals surface area contributed by atoms with Crippen molar-refractivity contribution in [2.45, 2.75) is 31.8 Å². The van der Waals surface area contributed by atoms with Gasteiger partial charge in [-0.05, 0) is 31.0 Å². The van der Waals surface area contributed by atoms with Crippen molar-refractivity contribution in [1.82, 2.24) is 10.6 Å². The number of benzene rings is 1. The van der Waals surface area contributed by atoms with E-state index in [2.05, 4.69) is 10.6 Å². The first-order valence-corrected chi connectivity index (χ1v) is 6.09. The van der Waals surface area contributed by atoms with Crippen molar-refractivity contribution in [3.63, 3.8) is 0 Å². The molecule has 1 fully saturated rings. The fourth-order valence-electron chi connectivity index (χ4n) is 2.08. The van der Waals surface area contributed by atoms with Gasteiger partial charge in [-0.3, -0.25) is 4.79 Å². The number of amides is 1. The van der Waals surface area contributed by atoms with Crippen LogP contribution in [0.3, 0.4) is 0 Å². The summed E-state index contributed by atoms with van der Waals surface area (Å²) in [4.78, 5) is 11.3. The van der Waals surface area contributed by atoms with Gasteiger partial charge in [-0.2, -0.15) is 0 Å². The van der Waals surface area contributed by atoms with Gasteiger partial charge >= 0.3 is 0 Å². The van der Waals surface area contributed by atoms with E-state index in [-0.39, 0.29) is 18.5 Å². The molecule has 1 aliphatic rings. The maximum absolute atomic E-state index is 13.4. The van der Waals surface area contributed by atoms with Crippen LogP contribution in [0.4, 0.5) is 8.78 Å². The Morgan fingerprint density at radius 3 is 3.06 bits per heavy atom. The van der Waals surface area contributed by atoms with Crippen LogP contribution in [0.2, 0.25) is 0 Å². The molecule has 1 unspecified atom stereocenters. The Balaban J connectivity index is 1.93. The lowest BCUT2D eigenvalue weighted by Crippen LogP contribution is -2.32. The summed E-state index contributed by atoms with van der Waals surface area (Å²) < 4.78 is 26.4. The number of nitrogens with one attached hydrogen (secondary N) is 2. The first-order valence-electron chi connectivity index (χ1n) is 6.09. The highest BCUT2D eigenvalue weighted by Crippen LogP contribution is 2.11. The first kappa shape index (κ1) is 13.0. The van der Waals surface area contributed by atoms with Crippen LogP contribution in [-0.2, 0) is 11.3 Å². The highest BCUT2D eigenvalue weighted by Gasteiger charge is 2.17. The molecule has 1 heterocycles. The quantitative estimate of drug-likeness (QED) is 0.862. The molecule has 1 atom stereocenters. The Morgan fingerprint density at radius 1 is 1.39 bits per heavy atom. The van der Waals surface area contributed by atoms with E-state index in [0.717, 1.165) is 25.0 Å². The third-order valence-corrected chi connectivity index (χ3v) is 3.07. The maximum Gasteiger partial charge on any atom is 0.221 e. The van der Waals surface area contributed by atoms with Crippen LogP contribution < -0.4 is 10.6 Å². The van der Waals surface area contributed by atoms with E-state index in [0.29, 0.717) is 18.5 Å². The molecule has 98 valence electrons. The maximum atomic E-state index is 13.4. The summed E-state index contributed by atoms with van der Waals surface area (Å²) in [6.45, 7) is 0.923. The second kappa shape index (κ2) is 5.91. The van der Waals surface area contributed by atoms with E-state index < -0.39 is 11.6 Å². The molecular weight excluding hydrogens is 238 g/mol. The van der Waals surface area contributed by atoms with Crippen molar-refractivity contribution < 1.29 is 13.6 Å². The second-order valence-corrected chi connectivity index (χ2v) is 4.51. The highest BCUT2D eigenvalue weighted by atomic mass is 19.1. The molecule has 0 bridgehead atoms. The molecule has 18 heavy (non-hydrogen) atoms. The van der Waals surface area contributed by atoms with Crippen LogP contribution in [0.15, 0.2) is 18.2 Å². The van der Waals surface area contributed by atoms with Gasteiger partial charge in [0.15, 0.2) is 0 Å². The third-order valence-electron chi connectivity index (χ3n) is 3.07. The summed E-state index contributed by atoms with van der Waals surface area (Å²) in [5.41, 5.74) is 0.291. The van der Waals surface area contributed by atoms with Gasteiger partial charge in [0, 0.05) is 31.1 Å². The van der Waals surface area contributed by atoms with Crippen LogP contribution in [0.25, 0.3) is 0 Å². The van der Waals surface area contributed by atoms with E-state index in [4.69, 9.17) is 0 Å². The van der Waals surface area contributed by atoms with E-state index in [1.807, 2.05) is 0 Å². The number of carbonyl (C=O) groups excluding carboxylic acids is 1. The van der Waals surface area contributed by atoms with Crippen molar-refractivity contribution in [2.24, 2.45) is 0 Å². The normalized spacial score (nSPS) is 20.3. The van der Waals surface area contributed by atoms with Crippen molar-refractivity contribution >= 4 is 5.91 Å². The van der Waals surface area contributed by atoms with Gasteiger partial charge in [0.25, 0.3) is 0 Å². The minimum absolute atomic E-state index is 0.00436. The van der Waals surface area contributed by atoms with Crippen molar-refractivity contribution in [2.75, 3.05) is 6.54 Å². The summed E-state index contributed by atoms with van der Waals surface area (Å²) in [5, 5.41) is 5.89. The molecule has 5 heteroatoms. The molecule has 2 rings (SSSR count). The second-order valence-electron chi connectivity index (χ2n) is 4.51. The summed E-state index contributed by atoms with van der Waals surface area (Å²) >= 11 is 0. The van der Waals surface area contributed by atoms with Gasteiger partial charge in [-0.15, -0.1) is 0 Å². The predicted octanol–water partition coefficient (Wildman–Crippen LogP) is 1.72. The molecule has 0 spiro atoms. The van der Waals surface area contributed by atoms with Crippen LogP contribution >= 0.6 is 0 Å². The summed E-state index contributed by atoms with van der Waals surface area (Å²) in [6, 6.07) is 3.42. The fraction of sp³-hybridized carbons (Fsp3) is 0.462. The monoisotopic (exact) mass is 254 g/mol. The molecule has 1 aliphatic heterocycles. The number of hydrogen-bond donors (Lipinski definition) is 2. The molecule has 1 aromatic rings. The molecule has 1 amide bonds. The Hall–Kier alpha value is -1.49. The molecule has 3 nitrogen and oxygen atoms in total. The lowest BCUT2D eigenvalue weighted by Gasteiger charge is -2.15. The Kier molecular flexibility index (Phi) is 4.25. The molecule has 1 aromatic carbocycles. The molecule has 1 saturated heterocycles. The lowest BCUT2D eigenvalue weighted by molar-refractivity contribution is -0.121. The zero-order valence-electron chi connectivity index (χ0n) is 10.0. The van der Waals surface area contributed by atoms with E-state index in [1.54, 1.807) is 0 Å². The Bertz CT molecular complexity index is 437. The number of halogens is 2. The molecule has 0 radical (unpaired) electrons. The van der Waals surface area contributed by atoms with Crippen LogP contribution in [0, 0.1) is 11.6 Å². The minimum Gasteiger partial charge on any atom is -0.356 e. The molecule has 0 saturated carbocycles. The smallest absolute Gasteiger partial charge is 0.221 e. The highest BCUT2D eigenvalue weighted by molar-refractivity contribution is 5.76. The zero-order valence-corrected chi connectivity index (χ0v) is 10.0. The van der Waals surface area contributed by atoms with E-state index in [1.165, 1.54) is 6.07 Å². The van der Waals surface area contributed by atoms with Gasteiger partial charge < -0.3 is 10.6 Å². The summed E-state index contributed by atoms with van der Waals surface area (Å²) in [6.07, 6.45) is 2.14. The fourth-order valence-corrected chi connectivity index (χ4v) is 2.08. The summed E-state index contributed by atoms with van der Waals surface area (Å²) in [5.74, 6) is -0.876. The largest absolute Gasteiger partial charge is 0.356 e. The van der Waals surface area contributed by atoms with Crippen LogP contribution in [-0.4, -0.2) is 18.5 Å². The number of rotatable bonds is 3. The summed E-state index contributed by atoms with van der Waals surface area (Å²) in [7, 11) is 0. The van der Waals surface area contributed by atoms with Gasteiger partial charge in [0.05, 0.1) is 0 Å². The van der Waals surface area contributed by atoms with Crippen molar-refractivity contribution in [1.29, 1.82) is 0 Å². The third kappa shape index (κ3) is 3.50. The molecule has 0 aliphatic carbocycles. The molecule has 0 aromatic heterocycles. The number of hydrogen-bond acceptors (Lipinski definition) is 2.